The van der Waals surface area contributed by atoms with Crippen molar-refractivity contribution < 1.29 is 14.6 Å². The Hall–Kier alpha value is -1.39. The highest BCUT2D eigenvalue weighted by molar-refractivity contribution is 5.76. The predicted molar refractivity (Wildman–Crippen MR) is 70.7 cm³/mol. The van der Waals surface area contributed by atoms with Gasteiger partial charge in [-0.25, -0.2) is 0 Å². The summed E-state index contributed by atoms with van der Waals surface area (Å²) in [4.78, 5) is 11.2. The van der Waals surface area contributed by atoms with Crippen molar-refractivity contribution in [2.45, 2.75) is 12.8 Å². The molecule has 0 bridgehead atoms. The van der Waals surface area contributed by atoms with Crippen molar-refractivity contribution >= 4 is 5.97 Å². The first kappa shape index (κ1) is 14.7. The maximum absolute atomic E-state index is 11.2. The summed E-state index contributed by atoms with van der Waals surface area (Å²) in [6.07, 6.45) is 0. The quantitative estimate of drug-likeness (QED) is 0.738. The number of ether oxygens (including phenoxy) is 1. The third-order valence-electron chi connectivity index (χ3n) is 2.79. The second-order valence-corrected chi connectivity index (χ2v) is 4.52. The van der Waals surface area contributed by atoms with E-state index in [0.29, 0.717) is 19.1 Å². The van der Waals surface area contributed by atoms with Gasteiger partial charge in [-0.3, -0.25) is 4.79 Å². The summed E-state index contributed by atoms with van der Waals surface area (Å²) in [5.41, 5.74) is 0.830. The van der Waals surface area contributed by atoms with Crippen molar-refractivity contribution in [1.29, 1.82) is 0 Å². The van der Waals surface area contributed by atoms with Crippen molar-refractivity contribution in [3.05, 3.63) is 35.9 Å². The fraction of sp³-hybridized carbons (Fsp3) is 0.500. The molecule has 1 aromatic carbocycles. The van der Waals surface area contributed by atoms with Gasteiger partial charge >= 0.3 is 5.97 Å². The Kier molecular flexibility index (Phi) is 6.39. The topological polar surface area (TPSA) is 58.6 Å². The molecule has 4 nitrogen and oxygen atoms in total. The Morgan fingerprint density at radius 2 is 2.00 bits per heavy atom. The smallest absolute Gasteiger partial charge is 0.312 e. The minimum absolute atomic E-state index is 0.375. The van der Waals surface area contributed by atoms with Crippen LogP contribution in [0.3, 0.4) is 0 Å². The SMILES string of the molecule is COCC(C)CNCC(C(=O)O)c1ccccc1. The molecule has 0 aliphatic heterocycles. The van der Waals surface area contributed by atoms with Crippen LogP contribution in [0, 0.1) is 5.92 Å². The first-order valence-electron chi connectivity index (χ1n) is 6.12. The lowest BCUT2D eigenvalue weighted by Crippen LogP contribution is -2.31. The van der Waals surface area contributed by atoms with Crippen molar-refractivity contribution in [2.24, 2.45) is 5.92 Å². The van der Waals surface area contributed by atoms with Crippen LogP contribution in [0.25, 0.3) is 0 Å². The number of carbonyl (C=O) groups is 1. The van der Waals surface area contributed by atoms with E-state index >= 15 is 0 Å². The molecule has 2 unspecified atom stereocenters. The number of methoxy groups -OCH3 is 1. The van der Waals surface area contributed by atoms with Crippen LogP contribution in [0.2, 0.25) is 0 Å². The first-order valence-corrected chi connectivity index (χ1v) is 6.12. The maximum atomic E-state index is 11.2. The second kappa shape index (κ2) is 7.84. The van der Waals surface area contributed by atoms with E-state index in [4.69, 9.17) is 4.74 Å². The molecule has 0 amide bonds. The summed E-state index contributed by atoms with van der Waals surface area (Å²) < 4.78 is 5.04. The van der Waals surface area contributed by atoms with Gasteiger partial charge < -0.3 is 15.2 Å². The molecule has 1 rings (SSSR count). The number of hydrogen-bond acceptors (Lipinski definition) is 3. The minimum Gasteiger partial charge on any atom is -0.481 e. The van der Waals surface area contributed by atoms with Crippen molar-refractivity contribution in [1.82, 2.24) is 5.32 Å². The highest BCUT2D eigenvalue weighted by Gasteiger charge is 2.19. The number of rotatable bonds is 8. The van der Waals surface area contributed by atoms with E-state index in [-0.39, 0.29) is 0 Å². The lowest BCUT2D eigenvalue weighted by Gasteiger charge is -2.16. The van der Waals surface area contributed by atoms with Gasteiger partial charge in [0.05, 0.1) is 5.92 Å². The summed E-state index contributed by atoms with van der Waals surface area (Å²) in [5, 5.41) is 12.4. The van der Waals surface area contributed by atoms with Crippen LogP contribution in [0.15, 0.2) is 30.3 Å². The molecule has 2 atom stereocenters. The van der Waals surface area contributed by atoms with Gasteiger partial charge in [0.1, 0.15) is 0 Å². The zero-order chi connectivity index (χ0) is 13.4. The zero-order valence-electron chi connectivity index (χ0n) is 10.9. The van der Waals surface area contributed by atoms with Crippen molar-refractivity contribution in [2.75, 3.05) is 26.8 Å². The molecule has 0 saturated heterocycles. The Morgan fingerprint density at radius 1 is 1.33 bits per heavy atom. The summed E-state index contributed by atoms with van der Waals surface area (Å²) >= 11 is 0. The summed E-state index contributed by atoms with van der Waals surface area (Å²) in [6.45, 7) is 3.93. The third-order valence-corrected chi connectivity index (χ3v) is 2.79. The largest absolute Gasteiger partial charge is 0.481 e. The molecule has 0 saturated carbocycles. The fourth-order valence-corrected chi connectivity index (χ4v) is 1.85. The Morgan fingerprint density at radius 3 is 2.56 bits per heavy atom. The Bertz CT molecular complexity index is 353. The van der Waals surface area contributed by atoms with Gasteiger partial charge in [0.25, 0.3) is 0 Å². The average Bonchev–Trinajstić information content (AvgIpc) is 2.35. The minimum atomic E-state index is -0.798. The highest BCUT2D eigenvalue weighted by Crippen LogP contribution is 2.14. The molecule has 18 heavy (non-hydrogen) atoms. The summed E-state index contributed by atoms with van der Waals surface area (Å²) in [7, 11) is 1.67. The summed E-state index contributed by atoms with van der Waals surface area (Å²) in [6, 6.07) is 9.30. The van der Waals surface area contributed by atoms with Gasteiger partial charge in [-0.05, 0) is 18.0 Å². The van der Waals surface area contributed by atoms with Crippen molar-refractivity contribution in [3.63, 3.8) is 0 Å². The Labute approximate surface area is 108 Å². The lowest BCUT2D eigenvalue weighted by atomic mass is 9.99. The maximum Gasteiger partial charge on any atom is 0.312 e. The molecule has 1 aromatic rings. The molecular formula is C14H21NO3. The standard InChI is InChI=1S/C14H21NO3/c1-11(10-18-2)8-15-9-13(14(16)17)12-6-4-3-5-7-12/h3-7,11,13,15H,8-10H2,1-2H3,(H,16,17). The van der Waals surface area contributed by atoms with Crippen LogP contribution in [0.4, 0.5) is 0 Å². The molecule has 0 aromatic heterocycles. The normalized spacial score (nSPS) is 14.1. The molecule has 0 radical (unpaired) electrons. The van der Waals surface area contributed by atoms with Crippen LogP contribution in [-0.2, 0) is 9.53 Å². The van der Waals surface area contributed by atoms with Gasteiger partial charge in [0, 0.05) is 20.3 Å². The number of hydrogen-bond donors (Lipinski definition) is 2. The summed E-state index contributed by atoms with van der Waals surface area (Å²) in [5.74, 6) is -0.922. The van der Waals surface area contributed by atoms with E-state index in [9.17, 15) is 9.90 Å². The first-order chi connectivity index (χ1) is 8.65. The third kappa shape index (κ3) is 4.85. The van der Waals surface area contributed by atoms with Gasteiger partial charge in [-0.1, -0.05) is 37.3 Å². The number of carboxylic acid groups (broad SMARTS) is 1. The van der Waals surface area contributed by atoms with Gasteiger partial charge in [0.15, 0.2) is 0 Å². The van der Waals surface area contributed by atoms with E-state index in [1.165, 1.54) is 0 Å². The molecule has 0 spiro atoms. The van der Waals surface area contributed by atoms with E-state index in [1.54, 1.807) is 7.11 Å². The molecule has 0 heterocycles. The number of aliphatic carboxylic acids is 1. The van der Waals surface area contributed by atoms with E-state index in [2.05, 4.69) is 12.2 Å². The van der Waals surface area contributed by atoms with Crippen LogP contribution in [-0.4, -0.2) is 37.9 Å². The molecule has 0 aliphatic rings. The average molecular weight is 251 g/mol. The second-order valence-electron chi connectivity index (χ2n) is 4.52. The molecule has 4 heteroatoms. The van der Waals surface area contributed by atoms with Gasteiger partial charge in [0.2, 0.25) is 0 Å². The van der Waals surface area contributed by atoms with Crippen LogP contribution in [0.5, 0.6) is 0 Å². The molecule has 100 valence electrons. The zero-order valence-corrected chi connectivity index (χ0v) is 10.9. The number of carboxylic acids is 1. The van der Waals surface area contributed by atoms with E-state index in [0.717, 1.165) is 12.1 Å². The van der Waals surface area contributed by atoms with Crippen LogP contribution >= 0.6 is 0 Å². The van der Waals surface area contributed by atoms with E-state index in [1.807, 2.05) is 30.3 Å². The van der Waals surface area contributed by atoms with Gasteiger partial charge in [-0.15, -0.1) is 0 Å². The highest BCUT2D eigenvalue weighted by atomic mass is 16.5. The van der Waals surface area contributed by atoms with Crippen molar-refractivity contribution in [3.8, 4) is 0 Å². The predicted octanol–water partition coefficient (Wildman–Crippen LogP) is 1.73. The fourth-order valence-electron chi connectivity index (χ4n) is 1.85. The lowest BCUT2D eigenvalue weighted by molar-refractivity contribution is -0.138. The monoisotopic (exact) mass is 251 g/mol. The molecule has 0 fully saturated rings. The number of benzene rings is 1. The number of nitrogens with one attached hydrogen (secondary N) is 1. The van der Waals surface area contributed by atoms with Crippen LogP contribution in [0.1, 0.15) is 18.4 Å². The molecular weight excluding hydrogens is 230 g/mol. The van der Waals surface area contributed by atoms with Gasteiger partial charge in [-0.2, -0.15) is 0 Å². The molecule has 2 N–H and O–H groups in total. The Balaban J connectivity index is 2.48. The van der Waals surface area contributed by atoms with E-state index < -0.39 is 11.9 Å². The molecule has 0 aliphatic carbocycles. The van der Waals surface area contributed by atoms with Crippen LogP contribution < -0.4 is 5.32 Å².